The van der Waals surface area contributed by atoms with Gasteiger partial charge in [0.1, 0.15) is 4.47 Å². The molecular weight excluding hydrogens is 347 g/mol. The van der Waals surface area contributed by atoms with E-state index >= 15 is 0 Å². The lowest BCUT2D eigenvalue weighted by molar-refractivity contribution is 0.368. The molecule has 0 saturated carbocycles. The molecule has 0 aliphatic carbocycles. The maximum Gasteiger partial charge on any atom is 0.673 e. The molecule has 0 radical (unpaired) electrons. The maximum absolute atomic E-state index is 9.75. The lowest BCUT2D eigenvalue weighted by Crippen LogP contribution is -2.02. The van der Waals surface area contributed by atoms with Crippen LogP contribution in [0, 0.1) is 5.39 Å². The van der Waals surface area contributed by atoms with Gasteiger partial charge in [-0.05, 0) is 28.1 Å². The van der Waals surface area contributed by atoms with Crippen molar-refractivity contribution in [2.75, 3.05) is 0 Å². The molecule has 0 saturated heterocycles. The molecule has 0 aliphatic heterocycles. The van der Waals surface area contributed by atoms with E-state index in [0.29, 0.717) is 5.69 Å². The van der Waals surface area contributed by atoms with E-state index in [-0.39, 0.29) is 0 Å². The molecule has 1 rings (SSSR count). The van der Waals surface area contributed by atoms with Gasteiger partial charge in [0, 0.05) is 10.5 Å². The number of hydrogen-bond donors (Lipinski definition) is 0. The van der Waals surface area contributed by atoms with Crippen LogP contribution in [0.4, 0.5) is 23.0 Å². The van der Waals surface area contributed by atoms with E-state index in [0.717, 1.165) is 8.95 Å². The summed E-state index contributed by atoms with van der Waals surface area (Å²) in [4.78, 5) is 3.04. The van der Waals surface area contributed by atoms with Crippen molar-refractivity contribution in [3.63, 3.8) is 0 Å². The SMILES string of the molecule is F[B-](F)(F)F.N#[N+]c1ccc(Br)cc1Br. The molecule has 0 heterocycles. The van der Waals surface area contributed by atoms with Crippen LogP contribution in [-0.2, 0) is 0 Å². The fourth-order valence-corrected chi connectivity index (χ4v) is 1.69. The molecule has 0 spiro atoms. The van der Waals surface area contributed by atoms with E-state index in [1.54, 1.807) is 12.1 Å². The van der Waals surface area contributed by atoms with E-state index in [1.807, 2.05) is 6.07 Å². The van der Waals surface area contributed by atoms with Gasteiger partial charge in [-0.3, -0.25) is 0 Å². The standard InChI is InChI=1S/C6H3Br2N2.BF4/c7-4-1-2-6(10-9)5(8)3-4;2-1(3,4)5/h1-3H;/q+1;-1. The van der Waals surface area contributed by atoms with Gasteiger partial charge >= 0.3 is 12.9 Å². The molecular formula is C6H3BBr2F4N2. The average Bonchev–Trinajstić information content (AvgIpc) is 2.01. The zero-order valence-corrected chi connectivity index (χ0v) is 10.1. The summed E-state index contributed by atoms with van der Waals surface area (Å²) >= 11 is 6.50. The quantitative estimate of drug-likeness (QED) is 0.368. The summed E-state index contributed by atoms with van der Waals surface area (Å²) in [5.41, 5.74) is 0.531. The highest BCUT2D eigenvalue weighted by molar-refractivity contribution is 9.11. The Morgan fingerprint density at radius 1 is 1.13 bits per heavy atom. The van der Waals surface area contributed by atoms with Gasteiger partial charge in [0.15, 0.2) is 4.98 Å². The van der Waals surface area contributed by atoms with Gasteiger partial charge in [0.25, 0.3) is 0 Å². The minimum absolute atomic E-state index is 0.531. The molecule has 0 N–H and O–H groups in total. The number of hydrogen-bond acceptors (Lipinski definition) is 1. The zero-order valence-electron chi connectivity index (χ0n) is 6.97. The van der Waals surface area contributed by atoms with Crippen molar-refractivity contribution in [3.05, 3.63) is 32.1 Å². The minimum Gasteiger partial charge on any atom is -0.418 e. The largest absolute Gasteiger partial charge is 0.673 e. The predicted octanol–water partition coefficient (Wildman–Crippen LogP) is 5.00. The average molecular weight is 350 g/mol. The zero-order chi connectivity index (χ0) is 12.1. The molecule has 9 heteroatoms. The first-order valence-corrected chi connectivity index (χ1v) is 5.00. The van der Waals surface area contributed by atoms with Crippen molar-refractivity contribution < 1.29 is 17.3 Å². The summed E-state index contributed by atoms with van der Waals surface area (Å²) in [5.74, 6) is 0. The van der Waals surface area contributed by atoms with Crippen LogP contribution in [0.5, 0.6) is 0 Å². The number of halogens is 6. The van der Waals surface area contributed by atoms with Crippen LogP contribution < -0.4 is 0 Å². The van der Waals surface area contributed by atoms with E-state index in [1.165, 1.54) is 0 Å². The van der Waals surface area contributed by atoms with Crippen molar-refractivity contribution in [2.45, 2.75) is 0 Å². The highest BCUT2D eigenvalue weighted by Gasteiger charge is 2.20. The normalized spacial score (nSPS) is 9.93. The molecule has 0 atom stereocenters. The Bertz CT molecular complexity index is 370. The molecule has 0 amide bonds. The molecule has 1 aromatic rings. The third kappa shape index (κ3) is 8.38. The second-order valence-electron chi connectivity index (χ2n) is 2.19. The fourth-order valence-electron chi connectivity index (χ4n) is 0.562. The van der Waals surface area contributed by atoms with E-state index in [4.69, 9.17) is 5.39 Å². The van der Waals surface area contributed by atoms with Gasteiger partial charge in [0.05, 0.1) is 0 Å². The summed E-state index contributed by atoms with van der Waals surface area (Å²) in [7, 11) is -6.00. The Kier molecular flexibility index (Phi) is 5.83. The van der Waals surface area contributed by atoms with Crippen molar-refractivity contribution in [2.24, 2.45) is 0 Å². The Morgan fingerprint density at radius 2 is 1.60 bits per heavy atom. The Hall–Kier alpha value is -0.615. The van der Waals surface area contributed by atoms with Crippen LogP contribution >= 0.6 is 31.9 Å². The topological polar surface area (TPSA) is 28.1 Å². The van der Waals surface area contributed by atoms with Crippen molar-refractivity contribution >= 4 is 44.8 Å². The van der Waals surface area contributed by atoms with Crippen LogP contribution in [0.25, 0.3) is 4.98 Å². The van der Waals surface area contributed by atoms with Gasteiger partial charge in [-0.2, -0.15) is 0 Å². The monoisotopic (exact) mass is 348 g/mol. The van der Waals surface area contributed by atoms with Gasteiger partial charge < -0.3 is 17.3 Å². The molecule has 0 unspecified atom stereocenters. The molecule has 15 heavy (non-hydrogen) atoms. The highest BCUT2D eigenvalue weighted by atomic mass is 79.9. The van der Waals surface area contributed by atoms with Gasteiger partial charge in [-0.25, -0.2) is 0 Å². The summed E-state index contributed by atoms with van der Waals surface area (Å²) in [6.07, 6.45) is 0. The summed E-state index contributed by atoms with van der Waals surface area (Å²) in [6.45, 7) is 0. The third-order valence-electron chi connectivity index (χ3n) is 1.02. The molecule has 1 aromatic carbocycles. The molecule has 0 aliphatic rings. The smallest absolute Gasteiger partial charge is 0.418 e. The Balaban J connectivity index is 0.000000336. The van der Waals surface area contributed by atoms with E-state index < -0.39 is 7.25 Å². The lowest BCUT2D eigenvalue weighted by atomic mass is 10.3. The van der Waals surface area contributed by atoms with Crippen LogP contribution in [-0.4, -0.2) is 7.25 Å². The van der Waals surface area contributed by atoms with Gasteiger partial charge in [-0.15, -0.1) is 0 Å². The molecule has 2 nitrogen and oxygen atoms in total. The number of rotatable bonds is 0. The number of benzene rings is 1. The number of nitrogens with zero attached hydrogens (tertiary/aromatic N) is 2. The van der Waals surface area contributed by atoms with Crippen molar-refractivity contribution in [1.82, 2.24) is 0 Å². The first-order valence-electron chi connectivity index (χ1n) is 3.41. The first kappa shape index (κ1) is 14.4. The third-order valence-corrected chi connectivity index (χ3v) is 2.15. The Labute approximate surface area is 99.6 Å². The van der Waals surface area contributed by atoms with Crippen LogP contribution in [0.15, 0.2) is 27.1 Å². The van der Waals surface area contributed by atoms with E-state index in [2.05, 4.69) is 36.8 Å². The summed E-state index contributed by atoms with van der Waals surface area (Å²) in [5, 5.41) is 8.39. The molecule has 0 fully saturated rings. The molecule has 0 bridgehead atoms. The van der Waals surface area contributed by atoms with Crippen molar-refractivity contribution in [3.8, 4) is 0 Å². The van der Waals surface area contributed by atoms with Crippen LogP contribution in [0.2, 0.25) is 0 Å². The Morgan fingerprint density at radius 3 is 1.93 bits per heavy atom. The highest BCUT2D eigenvalue weighted by Crippen LogP contribution is 2.27. The summed E-state index contributed by atoms with van der Waals surface area (Å²) < 4.78 is 40.7. The maximum atomic E-state index is 9.75. The van der Waals surface area contributed by atoms with Crippen molar-refractivity contribution in [1.29, 1.82) is 5.39 Å². The fraction of sp³-hybridized carbons (Fsp3) is 0. The minimum atomic E-state index is -6.00. The predicted molar refractivity (Wildman–Crippen MR) is 56.8 cm³/mol. The van der Waals surface area contributed by atoms with E-state index in [9.17, 15) is 17.3 Å². The second kappa shape index (κ2) is 6.07. The van der Waals surface area contributed by atoms with Gasteiger partial charge in [0.2, 0.25) is 5.39 Å². The summed E-state index contributed by atoms with van der Waals surface area (Å²) in [6, 6.07) is 5.32. The second-order valence-corrected chi connectivity index (χ2v) is 3.96. The molecule has 82 valence electrons. The first-order chi connectivity index (χ1) is 6.74. The lowest BCUT2D eigenvalue weighted by Gasteiger charge is -1.94. The number of diazo groups is 1. The van der Waals surface area contributed by atoms with Crippen LogP contribution in [0.1, 0.15) is 0 Å². The van der Waals surface area contributed by atoms with Crippen LogP contribution in [0.3, 0.4) is 0 Å². The van der Waals surface area contributed by atoms with Gasteiger partial charge in [-0.1, -0.05) is 15.9 Å². The molecule has 0 aromatic heterocycles.